The number of benzene rings is 2. The molecule has 2 aromatic carbocycles. The minimum Gasteiger partial charge on any atom is -0.491 e. The quantitative estimate of drug-likeness (QED) is 0.619. The lowest BCUT2D eigenvalue weighted by Crippen LogP contribution is -2.37. The lowest BCUT2D eigenvalue weighted by atomic mass is 9.98. The number of aromatic nitrogens is 1. The molecule has 8 heteroatoms. The highest BCUT2D eigenvalue weighted by Gasteiger charge is 2.41. The number of carbonyl (C=O) groups excluding carboxylic acids is 2. The number of rotatable bonds is 3. The highest BCUT2D eigenvalue weighted by Crippen LogP contribution is 2.38. The first-order chi connectivity index (χ1) is 17.0. The van der Waals surface area contributed by atoms with Gasteiger partial charge in [-0.3, -0.25) is 14.6 Å². The molecule has 0 saturated carbocycles. The molecule has 35 heavy (non-hydrogen) atoms. The van der Waals surface area contributed by atoms with E-state index in [0.29, 0.717) is 55.0 Å². The Hall–Kier alpha value is -3.94. The van der Waals surface area contributed by atoms with Crippen molar-refractivity contribution in [2.75, 3.05) is 18.5 Å². The van der Waals surface area contributed by atoms with Gasteiger partial charge in [-0.05, 0) is 54.8 Å². The Balaban J connectivity index is 1.28. The molecule has 2 atom stereocenters. The summed E-state index contributed by atoms with van der Waals surface area (Å²) < 4.78 is 27.0. The van der Waals surface area contributed by atoms with Gasteiger partial charge in [-0.2, -0.15) is 0 Å². The van der Waals surface area contributed by atoms with Crippen molar-refractivity contribution in [3.05, 3.63) is 71.2 Å². The fourth-order valence-electron chi connectivity index (χ4n) is 5.17. The maximum Gasteiger partial charge on any atom is 0.258 e. The van der Waals surface area contributed by atoms with Crippen molar-refractivity contribution < 1.29 is 23.5 Å². The number of aryl methyl sites for hydroxylation is 2. The molecule has 1 saturated heterocycles. The summed E-state index contributed by atoms with van der Waals surface area (Å²) >= 11 is 0. The third-order valence-electron chi connectivity index (χ3n) is 6.82. The SMILES string of the molecule is Cc1cc2c(c(-c3ncccc3F)c1)C(=O)N1C[C@@H](Oc3ccc4c(c3)NC(=O)CC4)C[C@@H]1CO2. The lowest BCUT2D eigenvalue weighted by molar-refractivity contribution is -0.116. The molecule has 2 amide bonds. The predicted molar refractivity (Wildman–Crippen MR) is 127 cm³/mol. The Morgan fingerprint density at radius 3 is 2.91 bits per heavy atom. The summed E-state index contributed by atoms with van der Waals surface area (Å²) in [5.41, 5.74) is 3.61. The zero-order valence-corrected chi connectivity index (χ0v) is 19.2. The first-order valence-corrected chi connectivity index (χ1v) is 11.7. The van der Waals surface area contributed by atoms with Crippen molar-refractivity contribution in [1.82, 2.24) is 9.88 Å². The summed E-state index contributed by atoms with van der Waals surface area (Å²) in [4.78, 5) is 31.5. The van der Waals surface area contributed by atoms with Crippen LogP contribution in [0.1, 0.15) is 34.3 Å². The van der Waals surface area contributed by atoms with Gasteiger partial charge in [0.05, 0.1) is 18.2 Å². The van der Waals surface area contributed by atoms with E-state index in [2.05, 4.69) is 10.3 Å². The van der Waals surface area contributed by atoms with Crippen LogP contribution in [0.2, 0.25) is 0 Å². The fourth-order valence-corrected chi connectivity index (χ4v) is 5.17. The smallest absolute Gasteiger partial charge is 0.258 e. The van der Waals surface area contributed by atoms with E-state index in [4.69, 9.17) is 9.47 Å². The molecule has 7 nitrogen and oxygen atoms in total. The number of halogens is 1. The number of fused-ring (bicyclic) bond motifs is 3. The molecule has 1 fully saturated rings. The van der Waals surface area contributed by atoms with Crippen LogP contribution in [0.3, 0.4) is 0 Å². The summed E-state index contributed by atoms with van der Waals surface area (Å²) in [7, 11) is 0. The van der Waals surface area contributed by atoms with Gasteiger partial charge in [0.2, 0.25) is 5.91 Å². The van der Waals surface area contributed by atoms with E-state index in [-0.39, 0.29) is 29.7 Å². The second kappa shape index (κ2) is 8.37. The van der Waals surface area contributed by atoms with E-state index in [1.165, 1.54) is 18.3 Å². The number of anilines is 1. The third kappa shape index (κ3) is 3.88. The number of carbonyl (C=O) groups is 2. The first-order valence-electron chi connectivity index (χ1n) is 11.7. The predicted octanol–water partition coefficient (Wildman–Crippen LogP) is 4.14. The number of nitrogens with one attached hydrogen (secondary N) is 1. The van der Waals surface area contributed by atoms with Crippen LogP contribution in [0.25, 0.3) is 11.3 Å². The van der Waals surface area contributed by atoms with Crippen LogP contribution in [0, 0.1) is 12.7 Å². The summed E-state index contributed by atoms with van der Waals surface area (Å²) in [6, 6.07) is 12.0. The molecule has 4 heterocycles. The zero-order valence-electron chi connectivity index (χ0n) is 19.2. The monoisotopic (exact) mass is 473 g/mol. The number of pyridine rings is 1. The Kier molecular flexibility index (Phi) is 5.16. The average molecular weight is 474 g/mol. The van der Waals surface area contributed by atoms with Crippen LogP contribution < -0.4 is 14.8 Å². The van der Waals surface area contributed by atoms with E-state index in [9.17, 15) is 14.0 Å². The maximum absolute atomic E-state index is 14.6. The van der Waals surface area contributed by atoms with Crippen molar-refractivity contribution in [2.24, 2.45) is 0 Å². The molecule has 3 aliphatic heterocycles. The van der Waals surface area contributed by atoms with Crippen LogP contribution >= 0.6 is 0 Å². The standard InChI is InChI=1S/C27H24FN3O4/c1-15-9-20(26-21(28)3-2-8-29-26)25-23(10-15)34-14-17-11-19(13-31(17)27(25)33)35-18-6-4-16-5-7-24(32)30-22(16)12-18/h2-4,6,8-10,12,17,19H,5,7,11,13-14H2,1H3,(H,30,32)/t17-,19+/m1/s1. The molecule has 0 spiro atoms. The highest BCUT2D eigenvalue weighted by atomic mass is 19.1. The molecule has 1 N–H and O–H groups in total. The van der Waals surface area contributed by atoms with Gasteiger partial charge in [0.25, 0.3) is 5.91 Å². The van der Waals surface area contributed by atoms with E-state index in [1.807, 2.05) is 31.2 Å². The van der Waals surface area contributed by atoms with Gasteiger partial charge in [0.15, 0.2) is 0 Å². The van der Waals surface area contributed by atoms with Crippen molar-refractivity contribution in [2.45, 2.75) is 38.3 Å². The van der Waals surface area contributed by atoms with E-state index >= 15 is 0 Å². The van der Waals surface area contributed by atoms with Gasteiger partial charge in [0, 0.05) is 36.4 Å². The maximum atomic E-state index is 14.6. The van der Waals surface area contributed by atoms with Crippen LogP contribution in [0.5, 0.6) is 11.5 Å². The van der Waals surface area contributed by atoms with Gasteiger partial charge >= 0.3 is 0 Å². The molecule has 6 rings (SSSR count). The number of amides is 2. The van der Waals surface area contributed by atoms with Crippen LogP contribution in [-0.2, 0) is 11.2 Å². The molecule has 0 unspecified atom stereocenters. The van der Waals surface area contributed by atoms with Crippen LogP contribution in [0.4, 0.5) is 10.1 Å². The molecule has 0 aliphatic carbocycles. The van der Waals surface area contributed by atoms with Crippen LogP contribution in [-0.4, -0.2) is 47.0 Å². The van der Waals surface area contributed by atoms with Gasteiger partial charge < -0.3 is 19.7 Å². The highest BCUT2D eigenvalue weighted by molar-refractivity contribution is 6.04. The van der Waals surface area contributed by atoms with E-state index < -0.39 is 5.82 Å². The van der Waals surface area contributed by atoms with E-state index in [1.54, 1.807) is 11.0 Å². The van der Waals surface area contributed by atoms with Gasteiger partial charge in [-0.15, -0.1) is 0 Å². The number of hydrogen-bond donors (Lipinski definition) is 1. The molecule has 0 bridgehead atoms. The molecular formula is C27H24FN3O4. The van der Waals surface area contributed by atoms with Gasteiger partial charge in [-0.1, -0.05) is 6.07 Å². The summed E-state index contributed by atoms with van der Waals surface area (Å²) in [6.07, 6.45) is 3.09. The average Bonchev–Trinajstić information content (AvgIpc) is 3.19. The Morgan fingerprint density at radius 1 is 1.17 bits per heavy atom. The summed E-state index contributed by atoms with van der Waals surface area (Å²) in [5, 5.41) is 2.89. The van der Waals surface area contributed by atoms with Crippen molar-refractivity contribution >= 4 is 17.5 Å². The van der Waals surface area contributed by atoms with Crippen molar-refractivity contribution in [1.29, 1.82) is 0 Å². The molecule has 3 aromatic rings. The topological polar surface area (TPSA) is 80.8 Å². The van der Waals surface area contributed by atoms with Crippen molar-refractivity contribution in [3.8, 4) is 22.8 Å². The lowest BCUT2D eigenvalue weighted by Gasteiger charge is -2.21. The molecule has 3 aliphatic rings. The largest absolute Gasteiger partial charge is 0.491 e. The number of nitrogens with zero attached hydrogens (tertiary/aromatic N) is 2. The minimum atomic E-state index is -0.490. The van der Waals surface area contributed by atoms with E-state index in [0.717, 1.165) is 16.8 Å². The van der Waals surface area contributed by atoms with Crippen LogP contribution in [0.15, 0.2) is 48.7 Å². The summed E-state index contributed by atoms with van der Waals surface area (Å²) in [5.74, 6) is 0.393. The van der Waals surface area contributed by atoms with Gasteiger partial charge in [-0.25, -0.2) is 4.39 Å². The molecular weight excluding hydrogens is 449 g/mol. The molecule has 178 valence electrons. The molecule has 1 aromatic heterocycles. The zero-order chi connectivity index (χ0) is 24.1. The number of hydrogen-bond acceptors (Lipinski definition) is 5. The normalized spacial score (nSPS) is 20.8. The van der Waals surface area contributed by atoms with Crippen molar-refractivity contribution in [3.63, 3.8) is 0 Å². The third-order valence-corrected chi connectivity index (χ3v) is 6.82. The summed E-state index contributed by atoms with van der Waals surface area (Å²) in [6.45, 7) is 2.59. The minimum absolute atomic E-state index is 0.000640. The fraction of sp³-hybridized carbons (Fsp3) is 0.296. The number of ether oxygens (including phenoxy) is 2. The molecule has 0 radical (unpaired) electrons. The second-order valence-electron chi connectivity index (χ2n) is 9.28. The Morgan fingerprint density at radius 2 is 2.06 bits per heavy atom. The Labute approximate surface area is 201 Å². The van der Waals surface area contributed by atoms with Gasteiger partial charge in [0.1, 0.15) is 35.7 Å². The Bertz CT molecular complexity index is 1360. The second-order valence-corrected chi connectivity index (χ2v) is 9.28. The first kappa shape index (κ1) is 21.6.